The van der Waals surface area contributed by atoms with Gasteiger partial charge in [-0.25, -0.2) is 0 Å². The fourth-order valence-corrected chi connectivity index (χ4v) is 1.70. The zero-order chi connectivity index (χ0) is 10.6. The monoisotopic (exact) mass is 195 g/mol. The summed E-state index contributed by atoms with van der Waals surface area (Å²) < 4.78 is 0. The summed E-state index contributed by atoms with van der Waals surface area (Å²) in [6.07, 6.45) is 14.2. The first-order valence-corrected chi connectivity index (χ1v) is 6.02. The molecule has 0 saturated heterocycles. The highest BCUT2D eigenvalue weighted by atomic mass is 14.9. The van der Waals surface area contributed by atoms with Crippen molar-refractivity contribution in [3.05, 3.63) is 0 Å². The van der Waals surface area contributed by atoms with E-state index in [1.807, 2.05) is 0 Å². The summed E-state index contributed by atoms with van der Waals surface area (Å²) in [5.74, 6) is 2.74. The molecule has 0 aliphatic heterocycles. The molecule has 1 atom stereocenters. The molecule has 1 unspecified atom stereocenters. The lowest BCUT2D eigenvalue weighted by Crippen LogP contribution is -2.28. The maximum atomic E-state index is 5.32. The van der Waals surface area contributed by atoms with Crippen molar-refractivity contribution in [3.8, 4) is 12.3 Å². The van der Waals surface area contributed by atoms with Crippen LogP contribution in [-0.2, 0) is 0 Å². The lowest BCUT2D eigenvalue weighted by molar-refractivity contribution is 0.470. The van der Waals surface area contributed by atoms with Crippen LogP contribution < -0.4 is 5.32 Å². The lowest BCUT2D eigenvalue weighted by Gasteiger charge is -2.14. The minimum absolute atomic E-state index is 0.548. The number of hydrogen-bond donors (Lipinski definition) is 1. The van der Waals surface area contributed by atoms with Gasteiger partial charge in [0.05, 0.1) is 0 Å². The predicted molar refractivity (Wildman–Crippen MR) is 64.3 cm³/mol. The van der Waals surface area contributed by atoms with Crippen LogP contribution in [0.5, 0.6) is 0 Å². The topological polar surface area (TPSA) is 12.0 Å². The van der Waals surface area contributed by atoms with Gasteiger partial charge in [-0.05, 0) is 13.0 Å². The third-order valence-electron chi connectivity index (χ3n) is 2.51. The van der Waals surface area contributed by atoms with Gasteiger partial charge in [-0.3, -0.25) is 0 Å². The van der Waals surface area contributed by atoms with Gasteiger partial charge in [0.25, 0.3) is 0 Å². The van der Waals surface area contributed by atoms with Crippen molar-refractivity contribution >= 4 is 0 Å². The third-order valence-corrected chi connectivity index (χ3v) is 2.51. The minimum Gasteiger partial charge on any atom is -0.313 e. The molecule has 82 valence electrons. The van der Waals surface area contributed by atoms with Crippen molar-refractivity contribution in [1.82, 2.24) is 5.32 Å². The molecule has 0 spiro atoms. The maximum Gasteiger partial charge on any atom is 0.0240 e. The molecule has 1 heteroatoms. The summed E-state index contributed by atoms with van der Waals surface area (Å²) in [6, 6.07) is 0.548. The van der Waals surface area contributed by atoms with Gasteiger partial charge < -0.3 is 5.32 Å². The molecule has 0 aromatic heterocycles. The van der Waals surface area contributed by atoms with E-state index in [1.54, 1.807) is 0 Å². The van der Waals surface area contributed by atoms with Gasteiger partial charge >= 0.3 is 0 Å². The molecule has 0 aromatic carbocycles. The minimum atomic E-state index is 0.548. The standard InChI is InChI=1S/C13H25N/c1-4-7-8-9-10-12-13(11-5-2)14-6-3/h2,13-14H,4,6-12H2,1,3H3. The largest absolute Gasteiger partial charge is 0.313 e. The molecular formula is C13H25N. The van der Waals surface area contributed by atoms with Gasteiger partial charge in [0.2, 0.25) is 0 Å². The first-order valence-electron chi connectivity index (χ1n) is 6.02. The Morgan fingerprint density at radius 1 is 1.14 bits per heavy atom. The van der Waals surface area contributed by atoms with E-state index in [-0.39, 0.29) is 0 Å². The Morgan fingerprint density at radius 3 is 2.43 bits per heavy atom. The van der Waals surface area contributed by atoms with Crippen LogP contribution in [0.25, 0.3) is 0 Å². The van der Waals surface area contributed by atoms with Crippen molar-refractivity contribution in [2.24, 2.45) is 0 Å². The second-order valence-corrected chi connectivity index (χ2v) is 3.87. The number of nitrogens with one attached hydrogen (secondary N) is 1. The SMILES string of the molecule is C#CCC(CCCCCCC)NCC. The summed E-state index contributed by atoms with van der Waals surface area (Å²) in [4.78, 5) is 0. The molecule has 0 aliphatic carbocycles. The van der Waals surface area contributed by atoms with Gasteiger partial charge in [0.15, 0.2) is 0 Å². The van der Waals surface area contributed by atoms with E-state index in [2.05, 4.69) is 25.1 Å². The Balaban J connectivity index is 3.36. The fourth-order valence-electron chi connectivity index (χ4n) is 1.70. The molecule has 14 heavy (non-hydrogen) atoms. The van der Waals surface area contributed by atoms with E-state index in [0.717, 1.165) is 13.0 Å². The van der Waals surface area contributed by atoms with Gasteiger partial charge in [-0.1, -0.05) is 46.0 Å². The molecule has 0 aliphatic rings. The lowest BCUT2D eigenvalue weighted by atomic mass is 10.0. The summed E-state index contributed by atoms with van der Waals surface area (Å²) in [5, 5.41) is 3.43. The van der Waals surface area contributed by atoms with Crippen molar-refractivity contribution < 1.29 is 0 Å². The van der Waals surface area contributed by atoms with Crippen LogP contribution in [0.3, 0.4) is 0 Å². The molecule has 1 N–H and O–H groups in total. The molecule has 0 heterocycles. The quantitative estimate of drug-likeness (QED) is 0.439. The van der Waals surface area contributed by atoms with Crippen molar-refractivity contribution in [2.45, 2.75) is 64.8 Å². The summed E-state index contributed by atoms with van der Waals surface area (Å²) in [6.45, 7) is 5.42. The molecule has 0 bridgehead atoms. The highest BCUT2D eigenvalue weighted by Gasteiger charge is 2.04. The number of rotatable bonds is 9. The number of terminal acetylenes is 1. The van der Waals surface area contributed by atoms with Crippen LogP contribution in [0.1, 0.15) is 58.8 Å². The van der Waals surface area contributed by atoms with Crippen molar-refractivity contribution in [1.29, 1.82) is 0 Å². The molecule has 0 aromatic rings. The Kier molecular flexibility index (Phi) is 10.2. The molecule has 0 radical (unpaired) electrons. The molecular weight excluding hydrogens is 170 g/mol. The third kappa shape index (κ3) is 8.13. The van der Waals surface area contributed by atoms with Crippen LogP contribution in [0.15, 0.2) is 0 Å². The molecule has 0 saturated carbocycles. The van der Waals surface area contributed by atoms with Gasteiger partial charge in [-0.15, -0.1) is 12.3 Å². The highest BCUT2D eigenvalue weighted by Crippen LogP contribution is 2.08. The van der Waals surface area contributed by atoms with Crippen molar-refractivity contribution in [3.63, 3.8) is 0 Å². The van der Waals surface area contributed by atoms with Crippen LogP contribution in [0.2, 0.25) is 0 Å². The average Bonchev–Trinajstić information content (AvgIpc) is 2.18. The average molecular weight is 195 g/mol. The smallest absolute Gasteiger partial charge is 0.0240 e. The van der Waals surface area contributed by atoms with Crippen LogP contribution in [-0.4, -0.2) is 12.6 Å². The maximum absolute atomic E-state index is 5.32. The molecule has 0 fully saturated rings. The molecule has 1 nitrogen and oxygen atoms in total. The van der Waals surface area contributed by atoms with Gasteiger partial charge in [-0.2, -0.15) is 0 Å². The van der Waals surface area contributed by atoms with Gasteiger partial charge in [0.1, 0.15) is 0 Å². The van der Waals surface area contributed by atoms with E-state index in [4.69, 9.17) is 6.42 Å². The first-order chi connectivity index (χ1) is 6.85. The van der Waals surface area contributed by atoms with Crippen LogP contribution >= 0.6 is 0 Å². The van der Waals surface area contributed by atoms with Crippen LogP contribution in [0.4, 0.5) is 0 Å². The fraction of sp³-hybridized carbons (Fsp3) is 0.846. The number of hydrogen-bond acceptors (Lipinski definition) is 1. The first kappa shape index (κ1) is 13.5. The van der Waals surface area contributed by atoms with E-state index >= 15 is 0 Å². The Labute approximate surface area is 89.7 Å². The number of unbranched alkanes of at least 4 members (excludes halogenated alkanes) is 4. The van der Waals surface area contributed by atoms with Crippen LogP contribution in [0, 0.1) is 12.3 Å². The molecule has 0 rings (SSSR count). The second kappa shape index (κ2) is 10.6. The Bertz CT molecular complexity index is 146. The Morgan fingerprint density at radius 2 is 1.86 bits per heavy atom. The van der Waals surface area contributed by atoms with E-state index in [0.29, 0.717) is 6.04 Å². The second-order valence-electron chi connectivity index (χ2n) is 3.87. The van der Waals surface area contributed by atoms with E-state index in [1.165, 1.54) is 38.5 Å². The summed E-state index contributed by atoms with van der Waals surface area (Å²) in [7, 11) is 0. The highest BCUT2D eigenvalue weighted by molar-refractivity contribution is 4.89. The zero-order valence-electron chi connectivity index (χ0n) is 9.81. The molecule has 0 amide bonds. The van der Waals surface area contributed by atoms with Crippen molar-refractivity contribution in [2.75, 3.05) is 6.54 Å². The summed E-state index contributed by atoms with van der Waals surface area (Å²) >= 11 is 0. The zero-order valence-corrected chi connectivity index (χ0v) is 9.81. The van der Waals surface area contributed by atoms with E-state index in [9.17, 15) is 0 Å². The Hall–Kier alpha value is -0.480. The van der Waals surface area contributed by atoms with Gasteiger partial charge in [0, 0.05) is 12.5 Å². The summed E-state index contributed by atoms with van der Waals surface area (Å²) in [5.41, 5.74) is 0. The predicted octanol–water partition coefficient (Wildman–Crippen LogP) is 3.35. The normalized spacial score (nSPS) is 12.4. The van der Waals surface area contributed by atoms with E-state index < -0.39 is 0 Å².